The Morgan fingerprint density at radius 1 is 1.16 bits per heavy atom. The third-order valence-corrected chi connectivity index (χ3v) is 6.55. The number of nitrogens with one attached hydrogen (secondary N) is 1. The van der Waals surface area contributed by atoms with Crippen LogP contribution in [0.4, 0.5) is 0 Å². The van der Waals surface area contributed by atoms with E-state index in [1.165, 1.54) is 0 Å². The zero-order valence-electron chi connectivity index (χ0n) is 18.0. The molecule has 0 unspecified atom stereocenters. The highest BCUT2D eigenvalue weighted by atomic mass is 16.6. The minimum Gasteiger partial charge on any atom is -0.486 e. The second-order valence-corrected chi connectivity index (χ2v) is 8.75. The van der Waals surface area contributed by atoms with Crippen molar-refractivity contribution in [2.45, 2.75) is 31.6 Å². The van der Waals surface area contributed by atoms with Crippen molar-refractivity contribution in [1.82, 2.24) is 10.2 Å². The van der Waals surface area contributed by atoms with Crippen LogP contribution in [0.1, 0.15) is 34.3 Å². The van der Waals surface area contributed by atoms with Gasteiger partial charge in [0.2, 0.25) is 0 Å². The van der Waals surface area contributed by atoms with Crippen molar-refractivity contribution in [1.29, 1.82) is 5.26 Å². The fourth-order valence-corrected chi connectivity index (χ4v) is 4.70. The number of ether oxygens (including phenoxy) is 3. The van der Waals surface area contributed by atoms with Gasteiger partial charge >= 0.3 is 0 Å². The molecule has 4 aliphatic rings. The molecule has 0 aromatic heterocycles. The van der Waals surface area contributed by atoms with E-state index >= 15 is 0 Å². The molecule has 0 spiro atoms. The molecular formula is C25H27N3O4. The number of fused-ring (bicyclic) bond motifs is 4. The van der Waals surface area contributed by atoms with Gasteiger partial charge in [0, 0.05) is 18.2 Å². The van der Waals surface area contributed by atoms with Crippen LogP contribution in [0.2, 0.25) is 0 Å². The van der Waals surface area contributed by atoms with Crippen LogP contribution in [-0.2, 0) is 11.3 Å². The van der Waals surface area contributed by atoms with Gasteiger partial charge in [0.15, 0.2) is 17.6 Å². The topological polar surface area (TPSA) is 83.8 Å². The van der Waals surface area contributed by atoms with Crippen LogP contribution >= 0.6 is 0 Å². The number of rotatable bonds is 6. The Bertz CT molecular complexity index is 1010. The van der Waals surface area contributed by atoms with Gasteiger partial charge in [-0.2, -0.15) is 5.26 Å². The highest BCUT2D eigenvalue weighted by molar-refractivity contribution is 5.95. The molecule has 6 rings (SSSR count). The first-order chi connectivity index (χ1) is 15.7. The number of nitriles is 1. The quantitative estimate of drug-likeness (QED) is 0.754. The summed E-state index contributed by atoms with van der Waals surface area (Å²) < 4.78 is 17.7. The molecule has 2 aromatic rings. The van der Waals surface area contributed by atoms with Gasteiger partial charge in [-0.25, -0.2) is 0 Å². The Kier molecular flexibility index (Phi) is 5.97. The summed E-state index contributed by atoms with van der Waals surface area (Å²) in [4.78, 5) is 15.3. The fraction of sp³-hybridized carbons (Fsp3) is 0.440. The monoisotopic (exact) mass is 433 g/mol. The molecule has 3 saturated heterocycles. The van der Waals surface area contributed by atoms with Crippen molar-refractivity contribution < 1.29 is 19.0 Å². The minimum absolute atomic E-state index is 0.0608. The number of carbonyl (C=O) groups excluding carboxylic acids is 1. The van der Waals surface area contributed by atoms with Gasteiger partial charge in [0.25, 0.3) is 5.91 Å². The van der Waals surface area contributed by atoms with E-state index in [1.54, 1.807) is 30.3 Å². The highest BCUT2D eigenvalue weighted by Gasteiger charge is 2.35. The minimum atomic E-state index is -0.249. The van der Waals surface area contributed by atoms with Crippen molar-refractivity contribution in [2.24, 2.45) is 5.92 Å². The van der Waals surface area contributed by atoms with E-state index in [0.29, 0.717) is 48.4 Å². The van der Waals surface area contributed by atoms with Crippen LogP contribution in [0.15, 0.2) is 42.5 Å². The molecule has 0 saturated carbocycles. The van der Waals surface area contributed by atoms with Crippen molar-refractivity contribution in [2.75, 3.05) is 32.8 Å². The predicted molar refractivity (Wildman–Crippen MR) is 118 cm³/mol. The van der Waals surface area contributed by atoms with Crippen LogP contribution < -0.4 is 14.8 Å². The molecular weight excluding hydrogens is 406 g/mol. The summed E-state index contributed by atoms with van der Waals surface area (Å²) in [5.41, 5.74) is 2.21. The van der Waals surface area contributed by atoms with Crippen LogP contribution in [0, 0.1) is 17.2 Å². The predicted octanol–water partition coefficient (Wildman–Crippen LogP) is 2.74. The Labute approximate surface area is 187 Å². The molecule has 2 bridgehead atoms. The number of amides is 1. The van der Waals surface area contributed by atoms with Crippen molar-refractivity contribution in [3.8, 4) is 17.6 Å². The number of nitrogens with zero attached hydrogens (tertiary/aromatic N) is 2. The van der Waals surface area contributed by atoms with Gasteiger partial charge < -0.3 is 24.4 Å². The Balaban J connectivity index is 1.15. The van der Waals surface area contributed by atoms with Gasteiger partial charge in [0.05, 0.1) is 24.8 Å². The normalized spacial score (nSPS) is 25.7. The number of hydrogen-bond donors (Lipinski definition) is 1. The van der Waals surface area contributed by atoms with E-state index in [9.17, 15) is 4.79 Å². The van der Waals surface area contributed by atoms with Gasteiger partial charge in [0.1, 0.15) is 6.61 Å². The molecule has 4 heterocycles. The maximum absolute atomic E-state index is 12.9. The summed E-state index contributed by atoms with van der Waals surface area (Å²) in [6.45, 7) is 4.44. The lowest BCUT2D eigenvalue weighted by Crippen LogP contribution is -2.57. The average Bonchev–Trinajstić information content (AvgIpc) is 2.85. The summed E-state index contributed by atoms with van der Waals surface area (Å²) >= 11 is 0. The SMILES string of the molecule is N#Cc1ccc(COC[C@H]2COc3ccc(C(=O)N[C@H]4CN5CCC4CC5)cc3O2)cc1. The standard InChI is InChI=1S/C25H27N3O4/c26-12-17-1-3-18(4-2-17)14-30-15-21-16-31-23-6-5-20(11-24(23)32-21)25(29)27-22-13-28-9-7-19(22)8-10-28/h1-6,11,19,21-22H,7-10,13-16H2,(H,27,29)/t21-,22-/m0/s1. The molecule has 7 heteroatoms. The molecule has 1 N–H and O–H groups in total. The van der Waals surface area contributed by atoms with E-state index in [2.05, 4.69) is 16.3 Å². The smallest absolute Gasteiger partial charge is 0.251 e. The van der Waals surface area contributed by atoms with Gasteiger partial charge in [-0.3, -0.25) is 4.79 Å². The lowest BCUT2D eigenvalue weighted by Gasteiger charge is -2.44. The summed E-state index contributed by atoms with van der Waals surface area (Å²) in [6, 6.07) is 15.0. The van der Waals surface area contributed by atoms with Gasteiger partial charge in [-0.1, -0.05) is 12.1 Å². The first-order valence-corrected chi connectivity index (χ1v) is 11.2. The molecule has 1 amide bonds. The van der Waals surface area contributed by atoms with E-state index in [-0.39, 0.29) is 18.1 Å². The maximum Gasteiger partial charge on any atom is 0.251 e. The zero-order chi connectivity index (χ0) is 21.9. The van der Waals surface area contributed by atoms with Crippen LogP contribution in [-0.4, -0.2) is 55.8 Å². The lowest BCUT2D eigenvalue weighted by atomic mass is 9.84. The molecule has 7 nitrogen and oxygen atoms in total. The molecule has 166 valence electrons. The number of hydrogen-bond acceptors (Lipinski definition) is 6. The van der Waals surface area contributed by atoms with E-state index in [1.807, 2.05) is 12.1 Å². The van der Waals surface area contributed by atoms with Gasteiger partial charge in [-0.15, -0.1) is 0 Å². The Hall–Kier alpha value is -3.08. The van der Waals surface area contributed by atoms with E-state index in [4.69, 9.17) is 19.5 Å². The second kappa shape index (κ2) is 9.19. The first kappa shape index (κ1) is 20.8. The summed E-state index contributed by atoms with van der Waals surface area (Å²) in [5.74, 6) is 1.74. The summed E-state index contributed by atoms with van der Waals surface area (Å²) in [7, 11) is 0. The fourth-order valence-electron chi connectivity index (χ4n) is 4.70. The number of piperidine rings is 3. The third kappa shape index (κ3) is 4.57. The molecule has 2 aromatic carbocycles. The molecule has 3 fully saturated rings. The molecule has 32 heavy (non-hydrogen) atoms. The van der Waals surface area contributed by atoms with Crippen LogP contribution in [0.5, 0.6) is 11.5 Å². The number of carbonyl (C=O) groups is 1. The van der Waals surface area contributed by atoms with Crippen molar-refractivity contribution >= 4 is 5.91 Å². The van der Waals surface area contributed by atoms with Crippen LogP contribution in [0.25, 0.3) is 0 Å². The lowest BCUT2D eigenvalue weighted by molar-refractivity contribution is 0.00266. The van der Waals surface area contributed by atoms with Crippen molar-refractivity contribution in [3.05, 3.63) is 59.2 Å². The first-order valence-electron chi connectivity index (χ1n) is 11.2. The molecule has 2 atom stereocenters. The third-order valence-electron chi connectivity index (χ3n) is 6.55. The Morgan fingerprint density at radius 2 is 1.97 bits per heavy atom. The van der Waals surface area contributed by atoms with E-state index < -0.39 is 0 Å². The Morgan fingerprint density at radius 3 is 2.69 bits per heavy atom. The molecule has 4 aliphatic heterocycles. The molecule has 0 radical (unpaired) electrons. The van der Waals surface area contributed by atoms with Crippen LogP contribution in [0.3, 0.4) is 0 Å². The number of benzene rings is 2. The average molecular weight is 434 g/mol. The molecule has 0 aliphatic carbocycles. The zero-order valence-corrected chi connectivity index (χ0v) is 18.0. The van der Waals surface area contributed by atoms with E-state index in [0.717, 1.165) is 38.0 Å². The largest absolute Gasteiger partial charge is 0.486 e. The maximum atomic E-state index is 12.9. The summed E-state index contributed by atoms with van der Waals surface area (Å²) in [6.07, 6.45) is 2.08. The highest BCUT2D eigenvalue weighted by Crippen LogP contribution is 2.33. The second-order valence-electron chi connectivity index (χ2n) is 8.75. The van der Waals surface area contributed by atoms with Crippen molar-refractivity contribution in [3.63, 3.8) is 0 Å². The summed E-state index contributed by atoms with van der Waals surface area (Å²) in [5, 5.41) is 12.1. The van der Waals surface area contributed by atoms with Gasteiger partial charge in [-0.05, 0) is 67.7 Å².